The Kier molecular flexibility index (Phi) is 5.03. The number of benzene rings is 2. The summed E-state index contributed by atoms with van der Waals surface area (Å²) in [6.45, 7) is 0. The highest BCUT2D eigenvalue weighted by Gasteiger charge is 2.19. The number of fused-ring (bicyclic) bond motifs is 1. The summed E-state index contributed by atoms with van der Waals surface area (Å²) in [5.74, 6) is 0.0358. The van der Waals surface area contributed by atoms with Gasteiger partial charge in [-0.15, -0.1) is 11.3 Å². The number of carbonyl (C=O) groups is 1. The van der Waals surface area contributed by atoms with E-state index in [4.69, 9.17) is 32.7 Å². The molecule has 1 amide bonds. The molecular formula is C17H12Cl2FNO3S. The molecule has 0 unspecified atom stereocenters. The Bertz CT molecular complexity index is 974. The van der Waals surface area contributed by atoms with Gasteiger partial charge in [0.2, 0.25) is 0 Å². The molecule has 0 fully saturated rings. The van der Waals surface area contributed by atoms with Crippen LogP contribution >= 0.6 is 34.5 Å². The summed E-state index contributed by atoms with van der Waals surface area (Å²) in [5.41, 5.74) is 0.351. The molecule has 0 aliphatic rings. The van der Waals surface area contributed by atoms with E-state index in [1.54, 1.807) is 12.1 Å². The van der Waals surface area contributed by atoms with Crippen LogP contribution in [0.1, 0.15) is 9.67 Å². The predicted octanol–water partition coefficient (Wildman–Crippen LogP) is 5.62. The van der Waals surface area contributed by atoms with Gasteiger partial charge < -0.3 is 14.8 Å². The number of anilines is 1. The zero-order valence-electron chi connectivity index (χ0n) is 13.2. The van der Waals surface area contributed by atoms with Crippen LogP contribution in [0.25, 0.3) is 10.1 Å². The molecule has 3 rings (SSSR count). The number of methoxy groups -OCH3 is 2. The van der Waals surface area contributed by atoms with E-state index in [1.807, 2.05) is 0 Å². The van der Waals surface area contributed by atoms with Crippen molar-refractivity contribution in [2.45, 2.75) is 0 Å². The number of hydrogen-bond donors (Lipinski definition) is 1. The third-order valence-electron chi connectivity index (χ3n) is 3.52. The largest absolute Gasteiger partial charge is 0.493 e. The summed E-state index contributed by atoms with van der Waals surface area (Å²) in [7, 11) is 2.97. The standard InChI is InChI=1S/C17H12Cl2FNO3S/c1-23-12-6-10(18)11(7-13(12)24-2)21-17(22)16-15(19)9-4-3-8(20)5-14(9)25-16/h3-7H,1-2H3,(H,21,22). The normalized spacial score (nSPS) is 10.8. The Labute approximate surface area is 157 Å². The molecule has 0 saturated heterocycles. The molecule has 0 saturated carbocycles. The predicted molar refractivity (Wildman–Crippen MR) is 99.3 cm³/mol. The molecule has 8 heteroatoms. The van der Waals surface area contributed by atoms with Gasteiger partial charge >= 0.3 is 0 Å². The lowest BCUT2D eigenvalue weighted by atomic mass is 10.2. The molecule has 0 atom stereocenters. The maximum absolute atomic E-state index is 13.4. The fourth-order valence-corrected chi connectivity index (χ4v) is 3.95. The fourth-order valence-electron chi connectivity index (χ4n) is 2.31. The molecule has 1 N–H and O–H groups in total. The second kappa shape index (κ2) is 7.07. The van der Waals surface area contributed by atoms with Crippen molar-refractivity contribution < 1.29 is 18.7 Å². The van der Waals surface area contributed by atoms with Crippen molar-refractivity contribution >= 4 is 56.2 Å². The fraction of sp³-hybridized carbons (Fsp3) is 0.118. The smallest absolute Gasteiger partial charge is 0.267 e. The first-order valence-electron chi connectivity index (χ1n) is 7.05. The Morgan fingerprint density at radius 2 is 1.80 bits per heavy atom. The lowest BCUT2D eigenvalue weighted by molar-refractivity contribution is 0.103. The Balaban J connectivity index is 1.96. The van der Waals surface area contributed by atoms with Gasteiger partial charge in [0.05, 0.1) is 30.0 Å². The molecule has 0 spiro atoms. The minimum absolute atomic E-state index is 0.271. The van der Waals surface area contributed by atoms with Crippen LogP contribution in [0.15, 0.2) is 30.3 Å². The molecule has 3 aromatic rings. The van der Waals surface area contributed by atoms with Crippen LogP contribution in [0.5, 0.6) is 11.5 Å². The summed E-state index contributed by atoms with van der Waals surface area (Å²) in [6.07, 6.45) is 0. The number of carbonyl (C=O) groups excluding carboxylic acids is 1. The first-order valence-corrected chi connectivity index (χ1v) is 8.62. The average Bonchev–Trinajstić information content (AvgIpc) is 2.92. The summed E-state index contributed by atoms with van der Waals surface area (Å²) in [5, 5.41) is 3.88. The van der Waals surface area contributed by atoms with Crippen molar-refractivity contribution in [3.8, 4) is 11.5 Å². The van der Waals surface area contributed by atoms with Crippen LogP contribution in [0.3, 0.4) is 0 Å². The summed E-state index contributed by atoms with van der Waals surface area (Å²) >= 11 is 13.6. The highest BCUT2D eigenvalue weighted by Crippen LogP contribution is 2.39. The minimum Gasteiger partial charge on any atom is -0.493 e. The van der Waals surface area contributed by atoms with Crippen LogP contribution in [-0.4, -0.2) is 20.1 Å². The van der Waals surface area contributed by atoms with Crippen LogP contribution < -0.4 is 14.8 Å². The van der Waals surface area contributed by atoms with Crippen LogP contribution in [0.4, 0.5) is 10.1 Å². The molecular weight excluding hydrogens is 388 g/mol. The SMILES string of the molecule is COc1cc(Cl)c(NC(=O)c2sc3cc(F)ccc3c2Cl)cc1OC. The molecule has 0 radical (unpaired) electrons. The number of thiophene rings is 1. The third-order valence-corrected chi connectivity index (χ3v) is 5.49. The zero-order chi connectivity index (χ0) is 18.1. The van der Waals surface area contributed by atoms with Gasteiger partial charge in [0.15, 0.2) is 11.5 Å². The number of halogens is 3. The van der Waals surface area contributed by atoms with Gasteiger partial charge in [-0.2, -0.15) is 0 Å². The summed E-state index contributed by atoms with van der Waals surface area (Å²) in [4.78, 5) is 12.9. The van der Waals surface area contributed by atoms with Gasteiger partial charge in [0, 0.05) is 22.2 Å². The minimum atomic E-state index is -0.444. The van der Waals surface area contributed by atoms with Crippen LogP contribution in [0, 0.1) is 5.82 Å². The summed E-state index contributed by atoms with van der Waals surface area (Å²) < 4.78 is 24.3. The van der Waals surface area contributed by atoms with Gasteiger partial charge in [-0.3, -0.25) is 4.79 Å². The monoisotopic (exact) mass is 399 g/mol. The number of hydrogen-bond acceptors (Lipinski definition) is 4. The first kappa shape index (κ1) is 17.8. The van der Waals surface area contributed by atoms with Crippen molar-refractivity contribution in [1.82, 2.24) is 0 Å². The van der Waals surface area contributed by atoms with Crippen molar-refractivity contribution in [3.05, 3.63) is 51.1 Å². The lowest BCUT2D eigenvalue weighted by Crippen LogP contribution is -2.11. The summed E-state index contributed by atoms with van der Waals surface area (Å²) in [6, 6.07) is 7.28. The Morgan fingerprint density at radius 3 is 2.48 bits per heavy atom. The highest BCUT2D eigenvalue weighted by molar-refractivity contribution is 7.21. The molecule has 0 aliphatic heterocycles. The number of rotatable bonds is 4. The van der Waals surface area contributed by atoms with E-state index >= 15 is 0 Å². The zero-order valence-corrected chi connectivity index (χ0v) is 15.5. The van der Waals surface area contributed by atoms with Gasteiger partial charge in [0.1, 0.15) is 10.7 Å². The second-order valence-electron chi connectivity index (χ2n) is 5.03. The molecule has 25 heavy (non-hydrogen) atoms. The van der Waals surface area contributed by atoms with Gasteiger partial charge in [0.25, 0.3) is 5.91 Å². The van der Waals surface area contributed by atoms with E-state index in [9.17, 15) is 9.18 Å². The molecule has 4 nitrogen and oxygen atoms in total. The van der Waals surface area contributed by atoms with E-state index < -0.39 is 5.91 Å². The number of amides is 1. The van der Waals surface area contributed by atoms with E-state index in [0.717, 1.165) is 11.3 Å². The maximum atomic E-state index is 13.4. The first-order chi connectivity index (χ1) is 11.9. The van der Waals surface area contributed by atoms with E-state index in [2.05, 4.69) is 5.32 Å². The molecule has 130 valence electrons. The third kappa shape index (κ3) is 3.38. The number of nitrogens with one attached hydrogen (secondary N) is 1. The lowest BCUT2D eigenvalue weighted by Gasteiger charge is -2.12. The molecule has 1 aromatic heterocycles. The topological polar surface area (TPSA) is 47.6 Å². The van der Waals surface area contributed by atoms with Crippen molar-refractivity contribution in [3.63, 3.8) is 0 Å². The average molecular weight is 400 g/mol. The van der Waals surface area contributed by atoms with Gasteiger partial charge in [-0.25, -0.2) is 4.39 Å². The molecule has 0 aliphatic carbocycles. The quantitative estimate of drug-likeness (QED) is 0.619. The molecule has 2 aromatic carbocycles. The molecule has 0 bridgehead atoms. The van der Waals surface area contributed by atoms with Gasteiger partial charge in [-0.05, 0) is 18.2 Å². The highest BCUT2D eigenvalue weighted by atomic mass is 35.5. The maximum Gasteiger partial charge on any atom is 0.267 e. The van der Waals surface area contributed by atoms with Crippen LogP contribution in [-0.2, 0) is 0 Å². The van der Waals surface area contributed by atoms with Crippen molar-refractivity contribution in [1.29, 1.82) is 0 Å². The van der Waals surface area contributed by atoms with E-state index in [0.29, 0.717) is 27.3 Å². The second-order valence-corrected chi connectivity index (χ2v) is 6.86. The van der Waals surface area contributed by atoms with Gasteiger partial charge in [-0.1, -0.05) is 23.2 Å². The Morgan fingerprint density at radius 1 is 1.12 bits per heavy atom. The van der Waals surface area contributed by atoms with E-state index in [-0.39, 0.29) is 20.7 Å². The Hall–Kier alpha value is -2.02. The van der Waals surface area contributed by atoms with Crippen molar-refractivity contribution in [2.75, 3.05) is 19.5 Å². The van der Waals surface area contributed by atoms with Crippen molar-refractivity contribution in [2.24, 2.45) is 0 Å². The van der Waals surface area contributed by atoms with E-state index in [1.165, 1.54) is 32.4 Å². The van der Waals surface area contributed by atoms with Crippen LogP contribution in [0.2, 0.25) is 10.0 Å². The molecule has 1 heterocycles. The number of ether oxygens (including phenoxy) is 2.